The molecule has 0 amide bonds. The molecule has 1 aromatic rings. The fourth-order valence-corrected chi connectivity index (χ4v) is 4.77. The number of aryl methyl sites for hydroxylation is 1. The third-order valence-electron chi connectivity index (χ3n) is 4.85. The van der Waals surface area contributed by atoms with Crippen LogP contribution in [0.5, 0.6) is 0 Å². The molecule has 1 atom stereocenters. The Balaban J connectivity index is 2.35. The van der Waals surface area contributed by atoms with Gasteiger partial charge >= 0.3 is 0 Å². The van der Waals surface area contributed by atoms with Gasteiger partial charge in [0.2, 0.25) is 0 Å². The van der Waals surface area contributed by atoms with Crippen LogP contribution in [-0.2, 0) is 0 Å². The lowest BCUT2D eigenvalue weighted by Gasteiger charge is -2.46. The van der Waals surface area contributed by atoms with E-state index in [0.29, 0.717) is 6.04 Å². The summed E-state index contributed by atoms with van der Waals surface area (Å²) in [5.41, 5.74) is 0.282. The maximum atomic E-state index is 3.80. The predicted octanol–water partition coefficient (Wildman–Crippen LogP) is 4.36. The molecule has 0 aliphatic heterocycles. The summed E-state index contributed by atoms with van der Waals surface area (Å²) in [5, 5.41) is 3.80. The number of hydrogen-bond acceptors (Lipinski definition) is 3. The molecule has 0 saturated heterocycles. The summed E-state index contributed by atoms with van der Waals surface area (Å²) in [6.45, 7) is 5.48. The van der Waals surface area contributed by atoms with Crippen LogP contribution >= 0.6 is 11.3 Å². The van der Waals surface area contributed by atoms with E-state index in [1.807, 2.05) is 11.3 Å². The molecule has 20 heavy (non-hydrogen) atoms. The standard InChI is InChI=1S/C17H30N2S/c1-5-18-16(15-11-10-14(2)20-15)17(19(3)4)12-8-6-7-9-13-17/h10-11,16,18H,5-9,12-13H2,1-4H3. The molecule has 0 spiro atoms. The summed E-state index contributed by atoms with van der Waals surface area (Å²) in [5.74, 6) is 0. The zero-order valence-corrected chi connectivity index (χ0v) is 14.4. The first-order valence-corrected chi connectivity index (χ1v) is 8.89. The van der Waals surface area contributed by atoms with Gasteiger partial charge in [-0.25, -0.2) is 0 Å². The van der Waals surface area contributed by atoms with Crippen molar-refractivity contribution in [3.8, 4) is 0 Å². The zero-order valence-electron chi connectivity index (χ0n) is 13.5. The summed E-state index contributed by atoms with van der Waals surface area (Å²) in [6.07, 6.45) is 8.16. The van der Waals surface area contributed by atoms with Crippen LogP contribution in [0.3, 0.4) is 0 Å². The summed E-state index contributed by atoms with van der Waals surface area (Å²) >= 11 is 1.96. The molecule has 1 heterocycles. The summed E-state index contributed by atoms with van der Waals surface area (Å²) < 4.78 is 0. The van der Waals surface area contributed by atoms with Gasteiger partial charge in [-0.15, -0.1) is 11.3 Å². The number of nitrogens with one attached hydrogen (secondary N) is 1. The topological polar surface area (TPSA) is 15.3 Å². The minimum atomic E-state index is 0.282. The van der Waals surface area contributed by atoms with Crippen molar-refractivity contribution < 1.29 is 0 Å². The van der Waals surface area contributed by atoms with Crippen molar-refractivity contribution in [1.29, 1.82) is 0 Å². The van der Waals surface area contributed by atoms with Crippen molar-refractivity contribution in [2.24, 2.45) is 0 Å². The average molecular weight is 295 g/mol. The Bertz CT molecular complexity index is 403. The second kappa shape index (κ2) is 7.06. The Kier molecular flexibility index (Phi) is 5.65. The van der Waals surface area contributed by atoms with Crippen molar-refractivity contribution in [2.45, 2.75) is 64.0 Å². The van der Waals surface area contributed by atoms with Gasteiger partial charge in [0.25, 0.3) is 0 Å². The Morgan fingerprint density at radius 3 is 2.30 bits per heavy atom. The van der Waals surface area contributed by atoms with Crippen LogP contribution in [0.4, 0.5) is 0 Å². The number of likely N-dealkylation sites (N-methyl/N-ethyl adjacent to an activating group) is 2. The Labute approximate surface area is 128 Å². The Hall–Kier alpha value is -0.380. The molecule has 1 aliphatic rings. The van der Waals surface area contributed by atoms with Crippen LogP contribution < -0.4 is 5.32 Å². The van der Waals surface area contributed by atoms with Gasteiger partial charge in [-0.05, 0) is 52.5 Å². The largest absolute Gasteiger partial charge is 0.308 e. The third kappa shape index (κ3) is 3.26. The van der Waals surface area contributed by atoms with E-state index in [1.54, 1.807) is 0 Å². The quantitative estimate of drug-likeness (QED) is 0.812. The monoisotopic (exact) mass is 294 g/mol. The van der Waals surface area contributed by atoms with Crippen LogP contribution in [0.25, 0.3) is 0 Å². The Morgan fingerprint density at radius 2 is 1.85 bits per heavy atom. The van der Waals surface area contributed by atoms with Crippen molar-refractivity contribution in [3.05, 3.63) is 21.9 Å². The van der Waals surface area contributed by atoms with Crippen LogP contribution in [0.2, 0.25) is 0 Å². The second-order valence-corrected chi connectivity index (χ2v) is 7.67. The first-order chi connectivity index (χ1) is 9.60. The molecule has 3 heteroatoms. The molecule has 0 aromatic carbocycles. The maximum absolute atomic E-state index is 3.80. The van der Waals surface area contributed by atoms with E-state index < -0.39 is 0 Å². The smallest absolute Gasteiger partial charge is 0.0601 e. The molecule has 2 rings (SSSR count). The molecule has 1 saturated carbocycles. The van der Waals surface area contributed by atoms with E-state index in [9.17, 15) is 0 Å². The fraction of sp³-hybridized carbons (Fsp3) is 0.765. The summed E-state index contributed by atoms with van der Waals surface area (Å²) in [4.78, 5) is 5.44. The van der Waals surface area contributed by atoms with Gasteiger partial charge in [-0.3, -0.25) is 0 Å². The van der Waals surface area contributed by atoms with E-state index >= 15 is 0 Å². The molecule has 114 valence electrons. The predicted molar refractivity (Wildman–Crippen MR) is 89.6 cm³/mol. The summed E-state index contributed by atoms with van der Waals surface area (Å²) in [7, 11) is 4.55. The van der Waals surface area contributed by atoms with Crippen LogP contribution in [-0.4, -0.2) is 31.1 Å². The van der Waals surface area contributed by atoms with E-state index in [-0.39, 0.29) is 5.54 Å². The maximum Gasteiger partial charge on any atom is 0.0601 e. The van der Waals surface area contributed by atoms with Crippen LogP contribution in [0.1, 0.15) is 61.2 Å². The molecular formula is C17H30N2S. The lowest BCUT2D eigenvalue weighted by Crippen LogP contribution is -2.53. The number of rotatable bonds is 5. The summed E-state index contributed by atoms with van der Waals surface area (Å²) in [6, 6.07) is 5.08. The first kappa shape index (κ1) is 16.0. The lowest BCUT2D eigenvalue weighted by atomic mass is 9.80. The number of thiophene rings is 1. The number of nitrogens with zero attached hydrogens (tertiary/aromatic N) is 1. The first-order valence-electron chi connectivity index (χ1n) is 8.07. The van der Waals surface area contributed by atoms with E-state index in [4.69, 9.17) is 0 Å². The molecule has 1 unspecified atom stereocenters. The van der Waals surface area contributed by atoms with Gasteiger partial charge in [0.15, 0.2) is 0 Å². The molecule has 1 aliphatic carbocycles. The van der Waals surface area contributed by atoms with Crippen molar-refractivity contribution in [2.75, 3.05) is 20.6 Å². The van der Waals surface area contributed by atoms with Crippen molar-refractivity contribution in [3.63, 3.8) is 0 Å². The van der Waals surface area contributed by atoms with E-state index in [0.717, 1.165) is 6.54 Å². The van der Waals surface area contributed by atoms with E-state index in [2.05, 4.69) is 50.3 Å². The van der Waals surface area contributed by atoms with Gasteiger partial charge in [-0.2, -0.15) is 0 Å². The number of hydrogen-bond donors (Lipinski definition) is 1. The molecule has 2 nitrogen and oxygen atoms in total. The average Bonchev–Trinajstić information content (AvgIpc) is 2.70. The minimum Gasteiger partial charge on any atom is -0.308 e. The molecule has 1 aromatic heterocycles. The lowest BCUT2D eigenvalue weighted by molar-refractivity contribution is 0.0822. The van der Waals surface area contributed by atoms with Gasteiger partial charge in [0.1, 0.15) is 0 Å². The molecule has 1 fully saturated rings. The highest BCUT2D eigenvalue weighted by atomic mass is 32.1. The SMILES string of the molecule is CCNC(c1ccc(C)s1)C1(N(C)C)CCCCCC1. The highest BCUT2D eigenvalue weighted by molar-refractivity contribution is 7.12. The van der Waals surface area contributed by atoms with Crippen LogP contribution in [0.15, 0.2) is 12.1 Å². The Morgan fingerprint density at radius 1 is 1.20 bits per heavy atom. The van der Waals surface area contributed by atoms with Gasteiger partial charge in [0.05, 0.1) is 6.04 Å². The van der Waals surface area contributed by atoms with Crippen molar-refractivity contribution in [1.82, 2.24) is 10.2 Å². The highest BCUT2D eigenvalue weighted by Gasteiger charge is 2.41. The van der Waals surface area contributed by atoms with Gasteiger partial charge in [0, 0.05) is 15.3 Å². The third-order valence-corrected chi connectivity index (χ3v) is 5.92. The van der Waals surface area contributed by atoms with Gasteiger partial charge < -0.3 is 10.2 Å². The molecule has 0 radical (unpaired) electrons. The van der Waals surface area contributed by atoms with Crippen LogP contribution in [0, 0.1) is 6.92 Å². The minimum absolute atomic E-state index is 0.282. The second-order valence-electron chi connectivity index (χ2n) is 6.35. The van der Waals surface area contributed by atoms with E-state index in [1.165, 1.54) is 48.3 Å². The highest BCUT2D eigenvalue weighted by Crippen LogP contribution is 2.42. The molecule has 0 bridgehead atoms. The molecule has 1 N–H and O–H groups in total. The fourth-order valence-electron chi connectivity index (χ4n) is 3.70. The van der Waals surface area contributed by atoms with Gasteiger partial charge in [-0.1, -0.05) is 32.6 Å². The molecular weight excluding hydrogens is 264 g/mol. The zero-order chi connectivity index (χ0) is 14.6. The van der Waals surface area contributed by atoms with Crippen molar-refractivity contribution >= 4 is 11.3 Å². The normalized spacial score (nSPS) is 20.9.